The Morgan fingerprint density at radius 1 is 1.33 bits per heavy atom. The molecule has 5 nitrogen and oxygen atoms in total. The Bertz CT molecular complexity index is 423. The number of amides is 2. The molecule has 0 radical (unpaired) electrons. The fourth-order valence-corrected chi connectivity index (χ4v) is 2.18. The van der Waals surface area contributed by atoms with E-state index in [0.717, 1.165) is 11.3 Å². The molecule has 1 heterocycles. The first kappa shape index (κ1) is 11.5. The molecule has 15 heavy (non-hydrogen) atoms. The molecule has 0 spiro atoms. The molecule has 82 valence electrons. The molecule has 0 saturated heterocycles. The number of nitrogens with zero attached hydrogens (tertiary/aromatic N) is 1. The van der Waals surface area contributed by atoms with Crippen LogP contribution in [0.25, 0.3) is 0 Å². The standard InChI is InChI=1S/C9H13N3O2S/c1-4-5(9(14)12(2)3)8(11)15-6(4)7(10)13/h11H2,1-3H3,(H2,10,13). The van der Waals surface area contributed by atoms with Crippen LogP contribution < -0.4 is 11.5 Å². The van der Waals surface area contributed by atoms with Gasteiger partial charge in [-0.15, -0.1) is 11.3 Å². The van der Waals surface area contributed by atoms with Gasteiger partial charge in [0.1, 0.15) is 0 Å². The van der Waals surface area contributed by atoms with Crippen LogP contribution in [0.5, 0.6) is 0 Å². The third kappa shape index (κ3) is 1.94. The second-order valence-corrected chi connectivity index (χ2v) is 4.41. The van der Waals surface area contributed by atoms with Crippen molar-refractivity contribution in [1.29, 1.82) is 0 Å². The van der Waals surface area contributed by atoms with Gasteiger partial charge in [0.05, 0.1) is 15.4 Å². The van der Waals surface area contributed by atoms with E-state index in [1.54, 1.807) is 21.0 Å². The summed E-state index contributed by atoms with van der Waals surface area (Å²) in [7, 11) is 3.26. The zero-order valence-electron chi connectivity index (χ0n) is 8.83. The maximum Gasteiger partial charge on any atom is 0.259 e. The molecule has 0 bridgehead atoms. The molecule has 2 amide bonds. The van der Waals surface area contributed by atoms with Crippen LogP contribution in [0.2, 0.25) is 0 Å². The SMILES string of the molecule is Cc1c(C(N)=O)sc(N)c1C(=O)N(C)C. The monoisotopic (exact) mass is 227 g/mol. The van der Waals surface area contributed by atoms with Crippen LogP contribution >= 0.6 is 11.3 Å². The average Bonchev–Trinajstić information content (AvgIpc) is 2.41. The predicted molar refractivity (Wildman–Crippen MR) is 60.0 cm³/mol. The van der Waals surface area contributed by atoms with Crippen molar-refractivity contribution < 1.29 is 9.59 Å². The molecule has 0 saturated carbocycles. The number of thiophene rings is 1. The molecule has 1 aromatic rings. The quantitative estimate of drug-likeness (QED) is 0.768. The number of hydrogen-bond donors (Lipinski definition) is 2. The molecule has 6 heteroatoms. The fourth-order valence-electron chi connectivity index (χ4n) is 1.26. The van der Waals surface area contributed by atoms with Crippen molar-refractivity contribution in [1.82, 2.24) is 4.90 Å². The van der Waals surface area contributed by atoms with E-state index in [-0.39, 0.29) is 5.91 Å². The van der Waals surface area contributed by atoms with Gasteiger partial charge in [0.25, 0.3) is 11.8 Å². The zero-order valence-corrected chi connectivity index (χ0v) is 9.64. The molecule has 0 aliphatic carbocycles. The topological polar surface area (TPSA) is 89.4 Å². The van der Waals surface area contributed by atoms with E-state index >= 15 is 0 Å². The van der Waals surface area contributed by atoms with E-state index in [2.05, 4.69) is 0 Å². The lowest BCUT2D eigenvalue weighted by Gasteiger charge is -2.10. The molecule has 0 fully saturated rings. The Labute approximate surface area is 91.7 Å². The summed E-state index contributed by atoms with van der Waals surface area (Å²) < 4.78 is 0. The highest BCUT2D eigenvalue weighted by Gasteiger charge is 2.22. The van der Waals surface area contributed by atoms with E-state index in [0.29, 0.717) is 21.0 Å². The molecule has 0 unspecified atom stereocenters. The Morgan fingerprint density at radius 3 is 2.20 bits per heavy atom. The van der Waals surface area contributed by atoms with Crippen molar-refractivity contribution in [3.63, 3.8) is 0 Å². The summed E-state index contributed by atoms with van der Waals surface area (Å²) in [5, 5.41) is 0.333. The first-order chi connectivity index (χ1) is 6.86. The van der Waals surface area contributed by atoms with Gasteiger partial charge in [0, 0.05) is 14.1 Å². The minimum atomic E-state index is -0.554. The van der Waals surface area contributed by atoms with Crippen molar-refractivity contribution in [2.24, 2.45) is 5.73 Å². The molecule has 1 aromatic heterocycles. The van der Waals surface area contributed by atoms with Gasteiger partial charge in [-0.05, 0) is 12.5 Å². The molecule has 0 aromatic carbocycles. The van der Waals surface area contributed by atoms with Gasteiger partial charge in [0.2, 0.25) is 0 Å². The fraction of sp³-hybridized carbons (Fsp3) is 0.333. The van der Waals surface area contributed by atoms with Crippen LogP contribution in [0.3, 0.4) is 0 Å². The summed E-state index contributed by atoms with van der Waals surface area (Å²) in [6.07, 6.45) is 0. The van der Waals surface area contributed by atoms with Crippen LogP contribution in [0, 0.1) is 6.92 Å². The van der Waals surface area contributed by atoms with Crippen LogP contribution in [0.15, 0.2) is 0 Å². The second kappa shape index (κ2) is 3.90. The van der Waals surface area contributed by atoms with Gasteiger partial charge in [-0.25, -0.2) is 0 Å². The van der Waals surface area contributed by atoms with Crippen molar-refractivity contribution in [2.75, 3.05) is 19.8 Å². The summed E-state index contributed by atoms with van der Waals surface area (Å²) >= 11 is 1.05. The normalized spacial score (nSPS) is 10.1. The molecular weight excluding hydrogens is 214 g/mol. The molecule has 1 rings (SSSR count). The highest BCUT2D eigenvalue weighted by atomic mass is 32.1. The van der Waals surface area contributed by atoms with Crippen LogP contribution in [-0.4, -0.2) is 30.8 Å². The van der Waals surface area contributed by atoms with Gasteiger partial charge in [0.15, 0.2) is 0 Å². The minimum absolute atomic E-state index is 0.214. The van der Waals surface area contributed by atoms with Gasteiger partial charge < -0.3 is 16.4 Å². The van der Waals surface area contributed by atoms with E-state index in [1.807, 2.05) is 0 Å². The second-order valence-electron chi connectivity index (χ2n) is 3.36. The lowest BCUT2D eigenvalue weighted by Crippen LogP contribution is -2.23. The Balaban J connectivity index is 3.31. The molecule has 0 aliphatic rings. The van der Waals surface area contributed by atoms with Crippen molar-refractivity contribution >= 4 is 28.2 Å². The van der Waals surface area contributed by atoms with E-state index in [1.165, 1.54) is 4.90 Å². The number of hydrogen-bond acceptors (Lipinski definition) is 4. The summed E-state index contributed by atoms with van der Waals surface area (Å²) in [4.78, 5) is 24.5. The summed E-state index contributed by atoms with van der Waals surface area (Å²) in [5.74, 6) is -0.768. The number of carbonyl (C=O) groups excluding carboxylic acids is 2. The average molecular weight is 227 g/mol. The van der Waals surface area contributed by atoms with E-state index in [4.69, 9.17) is 11.5 Å². The summed E-state index contributed by atoms with van der Waals surface area (Å²) in [5.41, 5.74) is 11.8. The number of nitrogens with two attached hydrogens (primary N) is 2. The summed E-state index contributed by atoms with van der Waals surface area (Å²) in [6.45, 7) is 1.67. The van der Waals surface area contributed by atoms with Gasteiger partial charge >= 0.3 is 0 Å². The smallest absolute Gasteiger partial charge is 0.259 e. The highest BCUT2D eigenvalue weighted by Crippen LogP contribution is 2.30. The molecule has 0 atom stereocenters. The first-order valence-electron chi connectivity index (χ1n) is 4.26. The number of rotatable bonds is 2. The van der Waals surface area contributed by atoms with E-state index < -0.39 is 5.91 Å². The first-order valence-corrected chi connectivity index (χ1v) is 5.08. The third-order valence-electron chi connectivity index (χ3n) is 2.02. The van der Waals surface area contributed by atoms with Crippen molar-refractivity contribution in [3.8, 4) is 0 Å². The Kier molecular flexibility index (Phi) is 2.99. The number of nitrogen functional groups attached to an aromatic ring is 1. The molecule has 4 N–H and O–H groups in total. The van der Waals surface area contributed by atoms with Gasteiger partial charge in [-0.3, -0.25) is 9.59 Å². The predicted octanol–water partition coefficient (Wildman–Crippen LogP) is 0.439. The number of anilines is 1. The third-order valence-corrected chi connectivity index (χ3v) is 3.15. The maximum absolute atomic E-state index is 11.7. The number of primary amides is 1. The van der Waals surface area contributed by atoms with Crippen molar-refractivity contribution in [2.45, 2.75) is 6.92 Å². The zero-order chi connectivity index (χ0) is 11.7. The Morgan fingerprint density at radius 2 is 1.87 bits per heavy atom. The molecular formula is C9H13N3O2S. The highest BCUT2D eigenvalue weighted by molar-refractivity contribution is 7.18. The van der Waals surface area contributed by atoms with Crippen LogP contribution in [-0.2, 0) is 0 Å². The van der Waals surface area contributed by atoms with Crippen molar-refractivity contribution in [3.05, 3.63) is 16.0 Å². The Hall–Kier alpha value is -1.56. The lowest BCUT2D eigenvalue weighted by molar-refractivity contribution is 0.0828. The number of carbonyl (C=O) groups is 2. The largest absolute Gasteiger partial charge is 0.390 e. The van der Waals surface area contributed by atoms with E-state index in [9.17, 15) is 9.59 Å². The minimum Gasteiger partial charge on any atom is -0.390 e. The lowest BCUT2D eigenvalue weighted by atomic mass is 10.1. The van der Waals surface area contributed by atoms with Crippen LogP contribution in [0.4, 0.5) is 5.00 Å². The molecule has 0 aliphatic heterocycles. The summed E-state index contributed by atoms with van der Waals surface area (Å²) in [6, 6.07) is 0. The maximum atomic E-state index is 11.7. The van der Waals surface area contributed by atoms with Gasteiger partial charge in [-0.1, -0.05) is 0 Å². The van der Waals surface area contributed by atoms with Gasteiger partial charge in [-0.2, -0.15) is 0 Å². The van der Waals surface area contributed by atoms with Crippen LogP contribution in [0.1, 0.15) is 25.6 Å².